The lowest BCUT2D eigenvalue weighted by molar-refractivity contribution is 0.319. The van der Waals surface area contributed by atoms with Crippen molar-refractivity contribution >= 4 is 16.7 Å². The van der Waals surface area contributed by atoms with Crippen LogP contribution >= 0.6 is 0 Å². The number of benzene rings is 1. The Morgan fingerprint density at radius 3 is 2.87 bits per heavy atom. The molecule has 0 bridgehead atoms. The van der Waals surface area contributed by atoms with Crippen molar-refractivity contribution in [2.75, 3.05) is 0 Å². The van der Waals surface area contributed by atoms with Gasteiger partial charge in [-0.2, -0.15) is 5.26 Å². The first-order valence-corrected chi connectivity index (χ1v) is 4.32. The number of aryl methyl sites for hydroxylation is 1. The van der Waals surface area contributed by atoms with Gasteiger partial charge in [0.1, 0.15) is 6.07 Å². The van der Waals surface area contributed by atoms with Crippen LogP contribution in [0, 0.1) is 11.3 Å². The van der Waals surface area contributed by atoms with Crippen LogP contribution in [0.4, 0.5) is 0 Å². The maximum absolute atomic E-state index is 8.73. The molecule has 1 aromatic carbocycles. The van der Waals surface area contributed by atoms with E-state index in [0.717, 1.165) is 11.0 Å². The van der Waals surface area contributed by atoms with Gasteiger partial charge in [0, 0.05) is 7.05 Å². The lowest BCUT2D eigenvalue weighted by Gasteiger charge is -1.97. The topological polar surface area (TPSA) is 74.2 Å². The van der Waals surface area contributed by atoms with E-state index in [2.05, 4.69) is 10.1 Å². The molecule has 0 fully saturated rings. The molecule has 0 radical (unpaired) electrons. The van der Waals surface area contributed by atoms with Crippen molar-refractivity contribution in [3.8, 4) is 6.07 Å². The molecule has 0 aliphatic rings. The van der Waals surface area contributed by atoms with Gasteiger partial charge in [0.05, 0.1) is 11.0 Å². The SMILES string of the molecule is Cn1c(C(C#N)=NO)nc2ccccc21. The Kier molecular flexibility index (Phi) is 2.10. The molecule has 0 unspecified atom stereocenters. The van der Waals surface area contributed by atoms with Crippen molar-refractivity contribution in [3.63, 3.8) is 0 Å². The summed E-state index contributed by atoms with van der Waals surface area (Å²) >= 11 is 0. The normalized spacial score (nSPS) is 11.6. The third kappa shape index (κ3) is 1.32. The van der Waals surface area contributed by atoms with Crippen molar-refractivity contribution in [1.29, 1.82) is 5.26 Å². The second-order valence-electron chi connectivity index (χ2n) is 3.04. The van der Waals surface area contributed by atoms with Crippen molar-refractivity contribution < 1.29 is 5.21 Å². The number of nitriles is 1. The van der Waals surface area contributed by atoms with Gasteiger partial charge in [0.25, 0.3) is 0 Å². The highest BCUT2D eigenvalue weighted by atomic mass is 16.4. The molecule has 5 nitrogen and oxygen atoms in total. The average Bonchev–Trinajstić information content (AvgIpc) is 2.60. The quantitative estimate of drug-likeness (QED) is 0.428. The van der Waals surface area contributed by atoms with E-state index < -0.39 is 0 Å². The van der Waals surface area contributed by atoms with Crippen LogP contribution in [0.15, 0.2) is 29.4 Å². The number of fused-ring (bicyclic) bond motifs is 1. The monoisotopic (exact) mass is 200 g/mol. The summed E-state index contributed by atoms with van der Waals surface area (Å²) in [5.41, 5.74) is 1.57. The molecule has 0 saturated carbocycles. The third-order valence-electron chi connectivity index (χ3n) is 2.20. The van der Waals surface area contributed by atoms with Crippen LogP contribution in [-0.2, 0) is 7.05 Å². The smallest absolute Gasteiger partial charge is 0.222 e. The maximum atomic E-state index is 8.73. The molecule has 2 rings (SSSR count). The summed E-state index contributed by atoms with van der Waals surface area (Å²) < 4.78 is 1.72. The number of oxime groups is 1. The molecule has 5 heteroatoms. The summed E-state index contributed by atoms with van der Waals surface area (Å²) in [6.07, 6.45) is 0. The fourth-order valence-corrected chi connectivity index (χ4v) is 1.47. The average molecular weight is 200 g/mol. The minimum absolute atomic E-state index is 0.0892. The molecule has 0 spiro atoms. The number of para-hydroxylation sites is 2. The van der Waals surface area contributed by atoms with Gasteiger partial charge in [0.15, 0.2) is 5.82 Å². The molecule has 74 valence electrons. The van der Waals surface area contributed by atoms with Gasteiger partial charge < -0.3 is 9.77 Å². The summed E-state index contributed by atoms with van der Waals surface area (Å²) in [4.78, 5) is 4.20. The van der Waals surface area contributed by atoms with Gasteiger partial charge in [0.2, 0.25) is 5.71 Å². The fourth-order valence-electron chi connectivity index (χ4n) is 1.47. The Bertz CT molecular complexity index is 577. The standard InChI is InChI=1S/C10H8N4O/c1-14-9-5-3-2-4-7(9)12-10(14)8(6-11)13-15/h2-5,15H,1H3. The first-order chi connectivity index (χ1) is 7.27. The first kappa shape index (κ1) is 9.21. The second-order valence-corrected chi connectivity index (χ2v) is 3.04. The van der Waals surface area contributed by atoms with Crippen LogP contribution in [0.2, 0.25) is 0 Å². The van der Waals surface area contributed by atoms with E-state index in [-0.39, 0.29) is 5.71 Å². The van der Waals surface area contributed by atoms with Crippen LogP contribution in [-0.4, -0.2) is 20.5 Å². The predicted molar refractivity (Wildman–Crippen MR) is 54.7 cm³/mol. The highest BCUT2D eigenvalue weighted by Gasteiger charge is 2.12. The minimum atomic E-state index is -0.0892. The Morgan fingerprint density at radius 2 is 2.27 bits per heavy atom. The minimum Gasteiger partial charge on any atom is -0.410 e. The number of nitrogens with zero attached hydrogens (tertiary/aromatic N) is 4. The molecule has 0 saturated heterocycles. The van der Waals surface area contributed by atoms with E-state index in [0.29, 0.717) is 5.82 Å². The highest BCUT2D eigenvalue weighted by molar-refractivity contribution is 6.10. The number of aromatic nitrogens is 2. The zero-order valence-corrected chi connectivity index (χ0v) is 8.05. The van der Waals surface area contributed by atoms with E-state index in [9.17, 15) is 0 Å². The van der Waals surface area contributed by atoms with Crippen molar-refractivity contribution in [1.82, 2.24) is 9.55 Å². The largest absolute Gasteiger partial charge is 0.410 e. The Morgan fingerprint density at radius 1 is 1.53 bits per heavy atom. The zero-order valence-electron chi connectivity index (χ0n) is 8.05. The second kappa shape index (κ2) is 3.42. The van der Waals surface area contributed by atoms with Crippen molar-refractivity contribution in [3.05, 3.63) is 30.1 Å². The van der Waals surface area contributed by atoms with E-state index >= 15 is 0 Å². The lowest BCUT2D eigenvalue weighted by Crippen LogP contribution is -2.06. The summed E-state index contributed by atoms with van der Waals surface area (Å²) in [5, 5.41) is 20.3. The number of hydrogen-bond acceptors (Lipinski definition) is 4. The number of imidazole rings is 1. The van der Waals surface area contributed by atoms with Crippen LogP contribution < -0.4 is 0 Å². The number of hydrogen-bond donors (Lipinski definition) is 1. The predicted octanol–water partition coefficient (Wildman–Crippen LogP) is 1.28. The van der Waals surface area contributed by atoms with Crippen LogP contribution in [0.1, 0.15) is 5.82 Å². The van der Waals surface area contributed by atoms with Gasteiger partial charge in [-0.3, -0.25) is 0 Å². The van der Waals surface area contributed by atoms with E-state index in [1.165, 1.54) is 0 Å². The Hall–Kier alpha value is -2.35. The summed E-state index contributed by atoms with van der Waals surface area (Å²) in [5.74, 6) is 0.362. The molecule has 1 aromatic heterocycles. The molecule has 15 heavy (non-hydrogen) atoms. The van der Waals surface area contributed by atoms with Gasteiger partial charge >= 0.3 is 0 Å². The Labute approximate surface area is 85.9 Å². The third-order valence-corrected chi connectivity index (χ3v) is 2.20. The van der Waals surface area contributed by atoms with Crippen LogP contribution in [0.25, 0.3) is 11.0 Å². The molecule has 0 amide bonds. The zero-order chi connectivity index (χ0) is 10.8. The molecule has 0 aliphatic heterocycles. The summed E-state index contributed by atoms with van der Waals surface area (Å²) in [7, 11) is 1.77. The van der Waals surface area contributed by atoms with Crippen molar-refractivity contribution in [2.24, 2.45) is 12.2 Å². The Balaban J connectivity index is 2.75. The number of rotatable bonds is 1. The molecular formula is C10H8N4O. The van der Waals surface area contributed by atoms with Gasteiger partial charge in [-0.1, -0.05) is 17.3 Å². The molecule has 0 aliphatic carbocycles. The molecule has 1 N–H and O–H groups in total. The van der Waals surface area contributed by atoms with E-state index in [1.807, 2.05) is 24.3 Å². The fraction of sp³-hybridized carbons (Fsp3) is 0.100. The molecule has 1 heterocycles. The van der Waals surface area contributed by atoms with E-state index in [1.54, 1.807) is 17.7 Å². The lowest BCUT2D eigenvalue weighted by atomic mass is 10.3. The molecular weight excluding hydrogens is 192 g/mol. The van der Waals surface area contributed by atoms with Crippen molar-refractivity contribution in [2.45, 2.75) is 0 Å². The van der Waals surface area contributed by atoms with Crippen LogP contribution in [0.5, 0.6) is 0 Å². The molecule has 2 aromatic rings. The van der Waals surface area contributed by atoms with Gasteiger partial charge in [-0.05, 0) is 12.1 Å². The van der Waals surface area contributed by atoms with Crippen LogP contribution in [0.3, 0.4) is 0 Å². The van der Waals surface area contributed by atoms with E-state index in [4.69, 9.17) is 10.5 Å². The van der Waals surface area contributed by atoms with Gasteiger partial charge in [-0.15, -0.1) is 0 Å². The first-order valence-electron chi connectivity index (χ1n) is 4.32. The molecule has 0 atom stereocenters. The highest BCUT2D eigenvalue weighted by Crippen LogP contribution is 2.14. The summed E-state index contributed by atoms with van der Waals surface area (Å²) in [6.45, 7) is 0. The maximum Gasteiger partial charge on any atom is 0.222 e. The van der Waals surface area contributed by atoms with Gasteiger partial charge in [-0.25, -0.2) is 4.98 Å². The summed E-state index contributed by atoms with van der Waals surface area (Å²) in [6, 6.07) is 9.26.